The molecule has 0 spiro atoms. The predicted molar refractivity (Wildman–Crippen MR) is 102 cm³/mol. The summed E-state index contributed by atoms with van der Waals surface area (Å²) in [7, 11) is 2.11. The molecule has 0 saturated carbocycles. The molecule has 3 aliphatic rings. The van der Waals surface area contributed by atoms with Gasteiger partial charge in [-0.15, -0.1) is 0 Å². The van der Waals surface area contributed by atoms with Gasteiger partial charge in [0, 0.05) is 47.1 Å². The van der Waals surface area contributed by atoms with Crippen molar-refractivity contribution in [1.82, 2.24) is 4.57 Å². The minimum Gasteiger partial charge on any atom is -0.345 e. The monoisotopic (exact) mass is 312 g/mol. The van der Waals surface area contributed by atoms with Gasteiger partial charge in [-0.25, -0.2) is 0 Å². The van der Waals surface area contributed by atoms with E-state index in [4.69, 9.17) is 0 Å². The molecule has 0 radical (unpaired) electrons. The fraction of sp³-hybridized carbons (Fsp3) is 0.182. The maximum absolute atomic E-state index is 4.18. The zero-order valence-corrected chi connectivity index (χ0v) is 13.9. The molecule has 5 rings (SSSR count). The van der Waals surface area contributed by atoms with Gasteiger partial charge in [-0.1, -0.05) is 55.2 Å². The zero-order valence-electron chi connectivity index (χ0n) is 13.9. The van der Waals surface area contributed by atoms with Crippen molar-refractivity contribution in [3.63, 3.8) is 0 Å². The molecule has 0 bridgehead atoms. The molecule has 0 amide bonds. The normalized spacial score (nSPS) is 18.7. The molecule has 1 aromatic heterocycles. The molecule has 1 aromatic carbocycles. The minimum atomic E-state index is 0.323. The van der Waals surface area contributed by atoms with Crippen LogP contribution in [0.5, 0.6) is 0 Å². The van der Waals surface area contributed by atoms with Crippen LogP contribution in [0.4, 0.5) is 5.69 Å². The van der Waals surface area contributed by atoms with Crippen molar-refractivity contribution in [1.29, 1.82) is 0 Å². The first-order valence-corrected chi connectivity index (χ1v) is 8.55. The van der Waals surface area contributed by atoms with E-state index < -0.39 is 0 Å². The highest BCUT2D eigenvalue weighted by Gasteiger charge is 2.26. The van der Waals surface area contributed by atoms with Crippen molar-refractivity contribution in [2.45, 2.75) is 18.9 Å². The topological polar surface area (TPSA) is 8.17 Å². The average Bonchev–Trinajstić information content (AvgIpc) is 3.29. The number of benzene rings is 1. The molecule has 0 saturated heterocycles. The molecule has 0 atom stereocenters. The minimum absolute atomic E-state index is 0.323. The Morgan fingerprint density at radius 3 is 2.67 bits per heavy atom. The third-order valence-electron chi connectivity index (χ3n) is 5.44. The molecule has 0 unspecified atom stereocenters. The largest absolute Gasteiger partial charge is 0.345 e. The molecule has 1 aliphatic heterocycles. The van der Waals surface area contributed by atoms with Crippen molar-refractivity contribution >= 4 is 22.7 Å². The number of aromatic nitrogens is 1. The van der Waals surface area contributed by atoms with Gasteiger partial charge in [0.2, 0.25) is 0 Å². The zero-order chi connectivity index (χ0) is 16.3. The van der Waals surface area contributed by atoms with Crippen LogP contribution in [0, 0.1) is 0 Å². The lowest BCUT2D eigenvalue weighted by atomic mass is 10.0. The van der Waals surface area contributed by atoms with Gasteiger partial charge in [0.25, 0.3) is 0 Å². The van der Waals surface area contributed by atoms with Gasteiger partial charge in [0.05, 0.1) is 11.6 Å². The van der Waals surface area contributed by atoms with E-state index in [1.807, 2.05) is 0 Å². The van der Waals surface area contributed by atoms with E-state index in [1.165, 1.54) is 33.4 Å². The third kappa shape index (κ3) is 1.71. The van der Waals surface area contributed by atoms with E-state index >= 15 is 0 Å². The average molecular weight is 312 g/mol. The van der Waals surface area contributed by atoms with Gasteiger partial charge in [-0.05, 0) is 18.6 Å². The van der Waals surface area contributed by atoms with Gasteiger partial charge in [0.1, 0.15) is 0 Å². The molecule has 118 valence electrons. The first-order chi connectivity index (χ1) is 11.8. The second-order valence-corrected chi connectivity index (χ2v) is 6.71. The summed E-state index contributed by atoms with van der Waals surface area (Å²) in [5.74, 6) is 0. The van der Waals surface area contributed by atoms with E-state index in [9.17, 15) is 0 Å². The van der Waals surface area contributed by atoms with Crippen LogP contribution in [0.3, 0.4) is 0 Å². The van der Waals surface area contributed by atoms with E-state index in [0.717, 1.165) is 18.5 Å². The molecular formula is C22H20N2. The smallest absolute Gasteiger partial charge is 0.0709 e. The second kappa shape index (κ2) is 4.88. The third-order valence-corrected chi connectivity index (χ3v) is 5.44. The second-order valence-electron chi connectivity index (χ2n) is 6.71. The van der Waals surface area contributed by atoms with Crippen molar-refractivity contribution in [2.24, 2.45) is 0 Å². The molecule has 24 heavy (non-hydrogen) atoms. The summed E-state index contributed by atoms with van der Waals surface area (Å²) in [6.45, 7) is 4.18. The number of nitrogens with zero attached hydrogens (tertiary/aromatic N) is 2. The van der Waals surface area contributed by atoms with Gasteiger partial charge >= 0.3 is 0 Å². The Kier molecular flexibility index (Phi) is 2.78. The Bertz CT molecular complexity index is 983. The van der Waals surface area contributed by atoms with Crippen molar-refractivity contribution in [3.05, 3.63) is 83.8 Å². The number of likely N-dealkylation sites (N-methyl/N-ethyl adjacent to an activating group) is 1. The molecule has 2 heterocycles. The lowest BCUT2D eigenvalue weighted by molar-refractivity contribution is 0.725. The van der Waals surface area contributed by atoms with E-state index in [2.05, 4.69) is 83.8 Å². The number of rotatable bonds is 1. The Labute approximate surface area is 142 Å². The van der Waals surface area contributed by atoms with Crippen LogP contribution in [0.25, 0.3) is 17.0 Å². The Balaban J connectivity index is 1.88. The molecule has 2 nitrogen and oxygen atoms in total. The Morgan fingerprint density at radius 1 is 1.04 bits per heavy atom. The van der Waals surface area contributed by atoms with Gasteiger partial charge in [0.15, 0.2) is 0 Å². The lowest BCUT2D eigenvalue weighted by Gasteiger charge is -2.23. The highest BCUT2D eigenvalue weighted by atomic mass is 15.1. The summed E-state index contributed by atoms with van der Waals surface area (Å²) < 4.78 is 2.54. The molecular weight excluding hydrogens is 292 g/mol. The lowest BCUT2D eigenvalue weighted by Crippen LogP contribution is -2.15. The Hall–Kier alpha value is -2.74. The first kappa shape index (κ1) is 13.7. The summed E-state index contributed by atoms with van der Waals surface area (Å²) in [6, 6.07) is 4.87. The molecule has 2 heteroatoms. The summed E-state index contributed by atoms with van der Waals surface area (Å²) in [4.78, 5) is 2.21. The maximum Gasteiger partial charge on any atom is 0.0709 e. The van der Waals surface area contributed by atoms with Crippen LogP contribution in [0.2, 0.25) is 0 Å². The Morgan fingerprint density at radius 2 is 1.83 bits per heavy atom. The summed E-state index contributed by atoms with van der Waals surface area (Å²) >= 11 is 0. The highest BCUT2D eigenvalue weighted by Crippen LogP contribution is 2.41. The number of hydrogen-bond donors (Lipinski definition) is 0. The van der Waals surface area contributed by atoms with Crippen molar-refractivity contribution in [3.8, 4) is 0 Å². The van der Waals surface area contributed by atoms with Crippen LogP contribution in [0.1, 0.15) is 22.9 Å². The quantitative estimate of drug-likeness (QED) is 0.724. The molecule has 2 aliphatic carbocycles. The van der Waals surface area contributed by atoms with Crippen molar-refractivity contribution in [2.75, 3.05) is 11.9 Å². The fourth-order valence-electron chi connectivity index (χ4n) is 4.24. The van der Waals surface area contributed by atoms with E-state index in [1.54, 1.807) is 0 Å². The highest BCUT2D eigenvalue weighted by molar-refractivity contribution is 5.98. The summed E-state index contributed by atoms with van der Waals surface area (Å²) in [6.07, 6.45) is 19.8. The summed E-state index contributed by atoms with van der Waals surface area (Å²) in [5, 5.41) is 1.38. The number of hydrogen-bond acceptors (Lipinski definition) is 1. The van der Waals surface area contributed by atoms with Gasteiger partial charge < -0.3 is 9.47 Å². The first-order valence-electron chi connectivity index (χ1n) is 8.55. The number of anilines is 1. The van der Waals surface area contributed by atoms with E-state index in [0.29, 0.717) is 6.04 Å². The maximum atomic E-state index is 4.18. The van der Waals surface area contributed by atoms with Crippen molar-refractivity contribution < 1.29 is 0 Å². The van der Waals surface area contributed by atoms with E-state index in [-0.39, 0.29) is 0 Å². The SMILES string of the molecule is C=C1C=CCc2c(ccc3c4c(n(C5C=CC=C5)c23)CC=C4)N1C. The molecule has 2 aromatic rings. The van der Waals surface area contributed by atoms with Crippen LogP contribution < -0.4 is 4.90 Å². The van der Waals surface area contributed by atoms with Gasteiger partial charge in [-0.3, -0.25) is 0 Å². The molecule has 0 N–H and O–H groups in total. The van der Waals surface area contributed by atoms with Gasteiger partial charge in [-0.2, -0.15) is 0 Å². The number of fused-ring (bicyclic) bond motifs is 5. The van der Waals surface area contributed by atoms with Crippen LogP contribution >= 0.6 is 0 Å². The molecule has 0 fully saturated rings. The summed E-state index contributed by atoms with van der Waals surface area (Å²) in [5.41, 5.74) is 7.94. The standard InChI is InChI=1S/C22H20N2/c1-15-7-5-11-19-20(23(15)2)14-13-18-17-10-6-12-21(17)24(22(18)19)16-8-3-4-9-16/h3-10,13-14,16H,1,11-12H2,2H3. The predicted octanol–water partition coefficient (Wildman–Crippen LogP) is 4.94. The fourth-order valence-corrected chi connectivity index (χ4v) is 4.24. The van der Waals surface area contributed by atoms with Crippen LogP contribution in [-0.4, -0.2) is 11.6 Å². The number of allylic oxidation sites excluding steroid dienone is 7. The van der Waals surface area contributed by atoms with Crippen LogP contribution in [-0.2, 0) is 12.8 Å². The van der Waals surface area contributed by atoms with Crippen LogP contribution in [0.15, 0.2) is 66.9 Å².